The molecular formula is C11H16FNS. The zero-order valence-electron chi connectivity index (χ0n) is 9.02. The van der Waals surface area contributed by atoms with E-state index in [1.54, 1.807) is 24.8 Å². The molecule has 1 rings (SSSR count). The molecule has 3 heteroatoms. The van der Waals surface area contributed by atoms with Crippen molar-refractivity contribution in [1.29, 1.82) is 0 Å². The summed E-state index contributed by atoms with van der Waals surface area (Å²) in [5, 5.41) is 3.12. The van der Waals surface area contributed by atoms with Crippen molar-refractivity contribution >= 4 is 11.8 Å². The van der Waals surface area contributed by atoms with Crippen LogP contribution in [0.15, 0.2) is 17.0 Å². The normalized spacial score (nSPS) is 12.9. The van der Waals surface area contributed by atoms with Crippen LogP contribution in [0, 0.1) is 12.7 Å². The van der Waals surface area contributed by atoms with Gasteiger partial charge in [-0.15, -0.1) is 11.8 Å². The van der Waals surface area contributed by atoms with E-state index in [-0.39, 0.29) is 11.9 Å². The molecule has 1 N–H and O–H groups in total. The van der Waals surface area contributed by atoms with E-state index >= 15 is 0 Å². The highest BCUT2D eigenvalue weighted by molar-refractivity contribution is 7.98. The van der Waals surface area contributed by atoms with E-state index in [1.807, 2.05) is 26.3 Å². The molecule has 0 aliphatic rings. The lowest BCUT2D eigenvalue weighted by molar-refractivity contribution is 0.594. The van der Waals surface area contributed by atoms with Crippen LogP contribution in [0.4, 0.5) is 4.39 Å². The Morgan fingerprint density at radius 2 is 2.07 bits per heavy atom. The minimum atomic E-state index is -0.125. The summed E-state index contributed by atoms with van der Waals surface area (Å²) in [6.45, 7) is 3.83. The van der Waals surface area contributed by atoms with Crippen molar-refractivity contribution in [2.24, 2.45) is 0 Å². The van der Waals surface area contributed by atoms with Gasteiger partial charge in [0.25, 0.3) is 0 Å². The fraction of sp³-hybridized carbons (Fsp3) is 0.455. The van der Waals surface area contributed by atoms with Crippen LogP contribution in [0.1, 0.15) is 24.1 Å². The van der Waals surface area contributed by atoms with Crippen LogP contribution in [0.5, 0.6) is 0 Å². The summed E-state index contributed by atoms with van der Waals surface area (Å²) in [7, 11) is 1.88. The maximum absolute atomic E-state index is 13.4. The van der Waals surface area contributed by atoms with Gasteiger partial charge in [-0.05, 0) is 50.4 Å². The summed E-state index contributed by atoms with van der Waals surface area (Å²) in [5.74, 6) is -0.125. The van der Waals surface area contributed by atoms with Crippen LogP contribution in [-0.4, -0.2) is 13.3 Å². The quantitative estimate of drug-likeness (QED) is 0.774. The van der Waals surface area contributed by atoms with Crippen molar-refractivity contribution in [2.75, 3.05) is 13.3 Å². The standard InChI is InChI=1S/C11H16FNS/c1-7-5-11(14-4)9(6-10(7)12)8(2)13-3/h5-6,8,13H,1-4H3. The molecule has 1 atom stereocenters. The molecule has 0 aliphatic carbocycles. The summed E-state index contributed by atoms with van der Waals surface area (Å²) in [6, 6.07) is 3.72. The van der Waals surface area contributed by atoms with Crippen LogP contribution in [0.2, 0.25) is 0 Å². The van der Waals surface area contributed by atoms with Gasteiger partial charge >= 0.3 is 0 Å². The van der Waals surface area contributed by atoms with Crippen LogP contribution in [0.25, 0.3) is 0 Å². The molecule has 0 bridgehead atoms. The zero-order chi connectivity index (χ0) is 10.7. The van der Waals surface area contributed by atoms with E-state index in [0.29, 0.717) is 5.56 Å². The second-order valence-corrected chi connectivity index (χ2v) is 4.20. The number of thioether (sulfide) groups is 1. The fourth-order valence-electron chi connectivity index (χ4n) is 1.34. The van der Waals surface area contributed by atoms with Crippen molar-refractivity contribution < 1.29 is 4.39 Å². The number of benzene rings is 1. The Bertz CT molecular complexity index is 325. The Morgan fingerprint density at radius 1 is 1.43 bits per heavy atom. The smallest absolute Gasteiger partial charge is 0.126 e. The summed E-state index contributed by atoms with van der Waals surface area (Å²) in [6.07, 6.45) is 2.01. The largest absolute Gasteiger partial charge is 0.313 e. The first-order valence-electron chi connectivity index (χ1n) is 4.61. The second kappa shape index (κ2) is 4.80. The van der Waals surface area contributed by atoms with Crippen molar-refractivity contribution in [2.45, 2.75) is 24.8 Å². The van der Waals surface area contributed by atoms with Crippen LogP contribution in [-0.2, 0) is 0 Å². The van der Waals surface area contributed by atoms with Gasteiger partial charge in [0.2, 0.25) is 0 Å². The number of hydrogen-bond donors (Lipinski definition) is 1. The summed E-state index contributed by atoms with van der Waals surface area (Å²) < 4.78 is 13.4. The number of aryl methyl sites for hydroxylation is 1. The SMILES string of the molecule is CNC(C)c1cc(F)c(C)cc1SC. The van der Waals surface area contributed by atoms with E-state index in [0.717, 1.165) is 10.5 Å². The fourth-order valence-corrected chi connectivity index (χ4v) is 2.11. The molecule has 0 aliphatic heterocycles. The number of nitrogens with one attached hydrogen (secondary N) is 1. The third-order valence-corrected chi connectivity index (χ3v) is 3.20. The zero-order valence-corrected chi connectivity index (χ0v) is 9.83. The lowest BCUT2D eigenvalue weighted by atomic mass is 10.1. The molecule has 0 aromatic heterocycles. The number of rotatable bonds is 3. The van der Waals surface area contributed by atoms with Gasteiger partial charge in [-0.1, -0.05) is 0 Å². The van der Waals surface area contributed by atoms with Gasteiger partial charge in [-0.3, -0.25) is 0 Å². The second-order valence-electron chi connectivity index (χ2n) is 3.35. The third-order valence-electron chi connectivity index (χ3n) is 2.41. The Labute approximate surface area is 89.1 Å². The monoisotopic (exact) mass is 213 g/mol. The van der Waals surface area contributed by atoms with Gasteiger partial charge in [0.1, 0.15) is 5.82 Å². The molecular weight excluding hydrogens is 197 g/mol. The Hall–Kier alpha value is -0.540. The third kappa shape index (κ3) is 2.28. The van der Waals surface area contributed by atoms with Crippen LogP contribution >= 0.6 is 11.8 Å². The minimum absolute atomic E-state index is 0.125. The van der Waals surface area contributed by atoms with Gasteiger partial charge in [0.05, 0.1) is 0 Å². The Balaban J connectivity index is 3.19. The molecule has 1 aromatic rings. The maximum atomic E-state index is 13.4. The molecule has 0 saturated heterocycles. The molecule has 0 saturated carbocycles. The lowest BCUT2D eigenvalue weighted by Gasteiger charge is -2.15. The van der Waals surface area contributed by atoms with E-state index < -0.39 is 0 Å². The first kappa shape index (κ1) is 11.5. The van der Waals surface area contributed by atoms with E-state index in [1.165, 1.54) is 0 Å². The molecule has 14 heavy (non-hydrogen) atoms. The van der Waals surface area contributed by atoms with Gasteiger partial charge in [-0.2, -0.15) is 0 Å². The minimum Gasteiger partial charge on any atom is -0.313 e. The molecule has 78 valence electrons. The first-order chi connectivity index (χ1) is 6.60. The molecule has 0 radical (unpaired) electrons. The Morgan fingerprint density at radius 3 is 2.57 bits per heavy atom. The van der Waals surface area contributed by atoms with Crippen molar-refractivity contribution in [3.8, 4) is 0 Å². The van der Waals surface area contributed by atoms with Gasteiger partial charge in [-0.25, -0.2) is 4.39 Å². The Kier molecular flexibility index (Phi) is 3.96. The van der Waals surface area contributed by atoms with Gasteiger partial charge in [0.15, 0.2) is 0 Å². The predicted octanol–water partition coefficient (Wildman–Crippen LogP) is 3.14. The molecule has 0 heterocycles. The van der Waals surface area contributed by atoms with E-state index in [4.69, 9.17) is 0 Å². The molecule has 0 fully saturated rings. The maximum Gasteiger partial charge on any atom is 0.126 e. The average Bonchev–Trinajstić information content (AvgIpc) is 2.20. The highest BCUT2D eigenvalue weighted by Crippen LogP contribution is 2.28. The highest BCUT2D eigenvalue weighted by Gasteiger charge is 2.11. The molecule has 1 aromatic carbocycles. The highest BCUT2D eigenvalue weighted by atomic mass is 32.2. The summed E-state index contributed by atoms with van der Waals surface area (Å²) in [4.78, 5) is 1.14. The number of hydrogen-bond acceptors (Lipinski definition) is 2. The van der Waals surface area contributed by atoms with Gasteiger partial charge < -0.3 is 5.32 Å². The van der Waals surface area contributed by atoms with Crippen molar-refractivity contribution in [3.63, 3.8) is 0 Å². The van der Waals surface area contributed by atoms with Crippen molar-refractivity contribution in [1.82, 2.24) is 5.32 Å². The van der Waals surface area contributed by atoms with Crippen LogP contribution < -0.4 is 5.32 Å². The predicted molar refractivity (Wildman–Crippen MR) is 60.4 cm³/mol. The summed E-state index contributed by atoms with van der Waals surface area (Å²) >= 11 is 1.66. The molecule has 0 amide bonds. The molecule has 0 spiro atoms. The van der Waals surface area contributed by atoms with Gasteiger partial charge in [0, 0.05) is 10.9 Å². The van der Waals surface area contributed by atoms with E-state index in [9.17, 15) is 4.39 Å². The molecule has 1 nitrogen and oxygen atoms in total. The van der Waals surface area contributed by atoms with Crippen LogP contribution in [0.3, 0.4) is 0 Å². The number of halogens is 1. The first-order valence-corrected chi connectivity index (χ1v) is 5.84. The average molecular weight is 213 g/mol. The van der Waals surface area contributed by atoms with E-state index in [2.05, 4.69) is 5.32 Å². The van der Waals surface area contributed by atoms with Crippen molar-refractivity contribution in [3.05, 3.63) is 29.1 Å². The summed E-state index contributed by atoms with van der Waals surface area (Å²) in [5.41, 5.74) is 1.74. The topological polar surface area (TPSA) is 12.0 Å². The molecule has 1 unspecified atom stereocenters. The lowest BCUT2D eigenvalue weighted by Crippen LogP contribution is -2.13.